The van der Waals surface area contributed by atoms with E-state index in [9.17, 15) is 9.59 Å². The molecule has 0 aromatic heterocycles. The van der Waals surface area contributed by atoms with Crippen molar-refractivity contribution >= 4 is 12.3 Å². The number of rotatable bonds is 15. The van der Waals surface area contributed by atoms with E-state index in [4.69, 9.17) is 4.74 Å². The predicted molar refractivity (Wildman–Crippen MR) is 87.3 cm³/mol. The lowest BCUT2D eigenvalue weighted by atomic mass is 10.0. The second-order valence-corrected chi connectivity index (χ2v) is 5.94. The fraction of sp³-hybridized carbons (Fsp3) is 0.889. The molecule has 0 spiro atoms. The summed E-state index contributed by atoms with van der Waals surface area (Å²) in [6.45, 7) is 4.65. The Balaban J connectivity index is 3.35. The molecule has 0 aliphatic rings. The van der Waals surface area contributed by atoms with Gasteiger partial charge in [0, 0.05) is 12.8 Å². The molecule has 21 heavy (non-hydrogen) atoms. The van der Waals surface area contributed by atoms with Crippen LogP contribution in [-0.2, 0) is 14.3 Å². The van der Waals surface area contributed by atoms with Gasteiger partial charge in [-0.25, -0.2) is 0 Å². The zero-order chi connectivity index (χ0) is 15.8. The smallest absolute Gasteiger partial charge is 0.305 e. The minimum atomic E-state index is -0.109. The van der Waals surface area contributed by atoms with Crippen LogP contribution in [0, 0.1) is 5.92 Å². The van der Waals surface area contributed by atoms with Crippen LogP contribution in [0.25, 0.3) is 0 Å². The van der Waals surface area contributed by atoms with Gasteiger partial charge in [0.05, 0.1) is 6.61 Å². The van der Waals surface area contributed by atoms with Gasteiger partial charge in [-0.2, -0.15) is 0 Å². The zero-order valence-electron chi connectivity index (χ0n) is 14.1. The molecular formula is C18H34O3. The van der Waals surface area contributed by atoms with Gasteiger partial charge in [-0.05, 0) is 18.8 Å². The van der Waals surface area contributed by atoms with Crippen LogP contribution in [0.15, 0.2) is 0 Å². The van der Waals surface area contributed by atoms with E-state index in [0.717, 1.165) is 25.5 Å². The third-order valence-corrected chi connectivity index (χ3v) is 3.97. The summed E-state index contributed by atoms with van der Waals surface area (Å²) in [7, 11) is 0. The Kier molecular flexibility index (Phi) is 14.9. The number of carbonyl (C=O) groups is 2. The van der Waals surface area contributed by atoms with Crippen LogP contribution < -0.4 is 0 Å². The molecule has 0 aliphatic carbocycles. The average molecular weight is 298 g/mol. The van der Waals surface area contributed by atoms with Gasteiger partial charge in [0.2, 0.25) is 0 Å². The molecule has 0 amide bonds. The highest BCUT2D eigenvalue weighted by Crippen LogP contribution is 2.11. The van der Waals surface area contributed by atoms with Gasteiger partial charge < -0.3 is 9.53 Å². The molecule has 0 heterocycles. The number of carbonyl (C=O) groups excluding carboxylic acids is 2. The molecule has 0 aliphatic heterocycles. The number of unbranched alkanes of at least 4 members (excludes halogenated alkanes) is 8. The lowest BCUT2D eigenvalue weighted by Gasteiger charge is -2.11. The summed E-state index contributed by atoms with van der Waals surface area (Å²) in [6.07, 6.45) is 14.1. The molecule has 0 aromatic rings. The molecule has 0 aromatic carbocycles. The van der Waals surface area contributed by atoms with Crippen molar-refractivity contribution < 1.29 is 14.3 Å². The molecule has 0 N–H and O–H groups in total. The van der Waals surface area contributed by atoms with E-state index < -0.39 is 0 Å². The van der Waals surface area contributed by atoms with Gasteiger partial charge in [-0.3, -0.25) is 4.79 Å². The largest absolute Gasteiger partial charge is 0.465 e. The highest BCUT2D eigenvalue weighted by atomic mass is 16.5. The quantitative estimate of drug-likeness (QED) is 0.241. The first kappa shape index (κ1) is 20.1. The number of esters is 1. The molecule has 0 radical (unpaired) electrons. The molecular weight excluding hydrogens is 264 g/mol. The maximum Gasteiger partial charge on any atom is 0.305 e. The molecule has 124 valence electrons. The summed E-state index contributed by atoms with van der Waals surface area (Å²) in [4.78, 5) is 22.0. The summed E-state index contributed by atoms with van der Waals surface area (Å²) < 4.78 is 5.22. The second-order valence-electron chi connectivity index (χ2n) is 5.94. The van der Waals surface area contributed by atoms with E-state index in [1.165, 1.54) is 44.9 Å². The fourth-order valence-electron chi connectivity index (χ4n) is 2.35. The molecule has 0 bridgehead atoms. The highest BCUT2D eigenvalue weighted by Gasteiger charge is 2.09. The number of ether oxygens (including phenoxy) is 1. The van der Waals surface area contributed by atoms with Crippen LogP contribution in [-0.4, -0.2) is 18.9 Å². The van der Waals surface area contributed by atoms with Crippen molar-refractivity contribution in [2.24, 2.45) is 5.92 Å². The topological polar surface area (TPSA) is 43.4 Å². The van der Waals surface area contributed by atoms with Crippen molar-refractivity contribution in [1.82, 2.24) is 0 Å². The monoisotopic (exact) mass is 298 g/mol. The summed E-state index contributed by atoms with van der Waals surface area (Å²) in [5.74, 6) is 0.0804. The van der Waals surface area contributed by atoms with Crippen LogP contribution in [0.5, 0.6) is 0 Å². The molecule has 0 saturated heterocycles. The third-order valence-electron chi connectivity index (χ3n) is 3.97. The van der Waals surface area contributed by atoms with Gasteiger partial charge >= 0.3 is 5.97 Å². The van der Waals surface area contributed by atoms with Gasteiger partial charge in [0.15, 0.2) is 0 Å². The lowest BCUT2D eigenvalue weighted by Crippen LogP contribution is -2.14. The van der Waals surface area contributed by atoms with Crippen LogP contribution in [0.2, 0.25) is 0 Å². The lowest BCUT2D eigenvalue weighted by molar-refractivity contribution is -0.145. The molecule has 3 nitrogen and oxygen atoms in total. The molecule has 0 fully saturated rings. The zero-order valence-corrected chi connectivity index (χ0v) is 14.1. The van der Waals surface area contributed by atoms with Crippen LogP contribution >= 0.6 is 0 Å². The Morgan fingerprint density at radius 2 is 1.52 bits per heavy atom. The fourth-order valence-corrected chi connectivity index (χ4v) is 2.35. The Morgan fingerprint density at radius 1 is 0.952 bits per heavy atom. The van der Waals surface area contributed by atoms with Crippen molar-refractivity contribution in [2.75, 3.05) is 6.61 Å². The SMILES string of the molecule is CCCCCCCCCCCC(=O)OCC(CC)CC=O. The van der Waals surface area contributed by atoms with E-state index in [1.807, 2.05) is 6.92 Å². The van der Waals surface area contributed by atoms with E-state index in [1.54, 1.807) is 0 Å². The van der Waals surface area contributed by atoms with E-state index in [0.29, 0.717) is 19.4 Å². The molecule has 0 saturated carbocycles. The van der Waals surface area contributed by atoms with E-state index >= 15 is 0 Å². The first-order valence-electron chi connectivity index (χ1n) is 8.83. The van der Waals surface area contributed by atoms with E-state index in [2.05, 4.69) is 6.92 Å². The third kappa shape index (κ3) is 13.9. The Labute approximate surface area is 130 Å². The molecule has 3 heteroatoms. The first-order chi connectivity index (χ1) is 10.2. The van der Waals surface area contributed by atoms with Gasteiger partial charge in [0.25, 0.3) is 0 Å². The minimum absolute atomic E-state index is 0.109. The summed E-state index contributed by atoms with van der Waals surface area (Å²) >= 11 is 0. The first-order valence-corrected chi connectivity index (χ1v) is 8.83. The predicted octanol–water partition coefficient (Wildman–Crippen LogP) is 5.07. The van der Waals surface area contributed by atoms with Crippen molar-refractivity contribution in [1.29, 1.82) is 0 Å². The highest BCUT2D eigenvalue weighted by molar-refractivity contribution is 5.69. The summed E-state index contributed by atoms with van der Waals surface area (Å²) in [5.41, 5.74) is 0. The number of aldehydes is 1. The second kappa shape index (κ2) is 15.5. The summed E-state index contributed by atoms with van der Waals surface area (Å²) in [5, 5.41) is 0. The van der Waals surface area contributed by atoms with Gasteiger partial charge in [0.1, 0.15) is 6.29 Å². The van der Waals surface area contributed by atoms with Crippen molar-refractivity contribution in [2.45, 2.75) is 90.9 Å². The molecule has 1 unspecified atom stereocenters. The standard InChI is InChI=1S/C18H34O3/c1-3-5-6-7-8-9-10-11-12-13-18(20)21-16-17(4-2)14-15-19/h15,17H,3-14,16H2,1-2H3. The number of hydrogen-bond donors (Lipinski definition) is 0. The molecule has 1 atom stereocenters. The minimum Gasteiger partial charge on any atom is -0.465 e. The normalized spacial score (nSPS) is 12.1. The maximum absolute atomic E-state index is 11.6. The maximum atomic E-state index is 11.6. The Bertz CT molecular complexity index is 251. The van der Waals surface area contributed by atoms with E-state index in [-0.39, 0.29) is 11.9 Å². The van der Waals surface area contributed by atoms with Crippen molar-refractivity contribution in [3.05, 3.63) is 0 Å². The van der Waals surface area contributed by atoms with Crippen molar-refractivity contribution in [3.8, 4) is 0 Å². The van der Waals surface area contributed by atoms with Crippen LogP contribution in [0.4, 0.5) is 0 Å². The van der Waals surface area contributed by atoms with Crippen LogP contribution in [0.1, 0.15) is 90.9 Å². The Morgan fingerprint density at radius 3 is 2.05 bits per heavy atom. The molecule has 0 rings (SSSR count). The van der Waals surface area contributed by atoms with Gasteiger partial charge in [-0.15, -0.1) is 0 Å². The van der Waals surface area contributed by atoms with Crippen molar-refractivity contribution in [3.63, 3.8) is 0 Å². The summed E-state index contributed by atoms with van der Waals surface area (Å²) in [6, 6.07) is 0. The van der Waals surface area contributed by atoms with Crippen LogP contribution in [0.3, 0.4) is 0 Å². The van der Waals surface area contributed by atoms with Gasteiger partial charge in [-0.1, -0.05) is 65.2 Å². The Hall–Kier alpha value is -0.860. The number of hydrogen-bond acceptors (Lipinski definition) is 3. The average Bonchev–Trinajstić information content (AvgIpc) is 2.49.